The van der Waals surface area contributed by atoms with Crippen LogP contribution in [0.3, 0.4) is 0 Å². The molecule has 4 rings (SSSR count). The predicted octanol–water partition coefficient (Wildman–Crippen LogP) is 4.38. The number of likely N-dealkylation sites (tertiary alicyclic amines) is 1. The predicted molar refractivity (Wildman–Crippen MR) is 133 cm³/mol. The molecule has 0 aromatic heterocycles. The summed E-state index contributed by atoms with van der Waals surface area (Å²) in [5.74, 6) is 0.778. The van der Waals surface area contributed by atoms with Crippen LogP contribution in [0.25, 0.3) is 0 Å². The molecule has 1 saturated heterocycles. The van der Waals surface area contributed by atoms with Crippen LogP contribution in [0.15, 0.2) is 67.3 Å². The molecule has 1 amide bonds. The Morgan fingerprint density at radius 2 is 2.03 bits per heavy atom. The molecule has 1 aliphatic carbocycles. The third kappa shape index (κ3) is 4.70. The number of hydrogen-bond acceptors (Lipinski definition) is 5. The van der Waals surface area contributed by atoms with Gasteiger partial charge in [0, 0.05) is 31.6 Å². The molecule has 0 unspecified atom stereocenters. The smallest absolute Gasteiger partial charge is 0.410 e. The summed E-state index contributed by atoms with van der Waals surface area (Å²) in [6, 6.07) is 17.7. The van der Waals surface area contributed by atoms with Crippen LogP contribution in [0.2, 0.25) is 0 Å². The fourth-order valence-electron chi connectivity index (χ4n) is 5.79. The van der Waals surface area contributed by atoms with Gasteiger partial charge in [0.05, 0.1) is 12.7 Å². The molecule has 182 valence electrons. The molecular formula is C28H36N2O4. The van der Waals surface area contributed by atoms with Gasteiger partial charge in [-0.1, -0.05) is 48.5 Å². The molecule has 2 aliphatic rings. The second-order valence-electron chi connectivity index (χ2n) is 9.67. The van der Waals surface area contributed by atoms with Crippen molar-refractivity contribution in [2.75, 3.05) is 33.8 Å². The average molecular weight is 465 g/mol. The Morgan fingerprint density at radius 3 is 2.76 bits per heavy atom. The van der Waals surface area contributed by atoms with Crippen molar-refractivity contribution in [2.45, 2.75) is 49.3 Å². The molecular weight excluding hydrogens is 428 g/mol. The van der Waals surface area contributed by atoms with Crippen molar-refractivity contribution in [3.63, 3.8) is 0 Å². The molecule has 2 aromatic carbocycles. The number of methoxy groups -OCH3 is 1. The van der Waals surface area contributed by atoms with Crippen molar-refractivity contribution in [1.29, 1.82) is 0 Å². The summed E-state index contributed by atoms with van der Waals surface area (Å²) in [7, 11) is 3.48. The van der Waals surface area contributed by atoms with Gasteiger partial charge in [-0.15, -0.1) is 6.58 Å². The summed E-state index contributed by atoms with van der Waals surface area (Å²) in [6.45, 7) is 6.33. The normalized spacial score (nSPS) is 26.9. The standard InChI is InChI=1S/C28H36N2O4/c1-4-16-30-17-15-27(23-11-8-12-25(18-23)33-3)19-24(13-14-28(27,32)21-30)29(2)26(31)34-20-22-9-6-5-7-10-22/h4-12,18,24,32H,1,13-17,19-21H2,2-3H3/t24-,27-,28-/m0/s1. The van der Waals surface area contributed by atoms with E-state index in [2.05, 4.69) is 17.5 Å². The van der Waals surface area contributed by atoms with Crippen LogP contribution in [0.4, 0.5) is 4.79 Å². The lowest BCUT2D eigenvalue weighted by molar-refractivity contribution is -0.130. The quantitative estimate of drug-likeness (QED) is 0.617. The summed E-state index contributed by atoms with van der Waals surface area (Å²) in [4.78, 5) is 16.9. The van der Waals surface area contributed by atoms with Crippen LogP contribution in [-0.2, 0) is 16.8 Å². The van der Waals surface area contributed by atoms with Gasteiger partial charge < -0.3 is 19.5 Å². The third-order valence-electron chi connectivity index (χ3n) is 7.76. The van der Waals surface area contributed by atoms with E-state index in [1.165, 1.54) is 0 Å². The van der Waals surface area contributed by atoms with Crippen LogP contribution in [0.5, 0.6) is 5.75 Å². The first-order valence-electron chi connectivity index (χ1n) is 12.0. The molecule has 1 aliphatic heterocycles. The molecule has 1 N–H and O–H groups in total. The van der Waals surface area contributed by atoms with Gasteiger partial charge in [-0.05, 0) is 55.5 Å². The molecule has 6 nitrogen and oxygen atoms in total. The van der Waals surface area contributed by atoms with Crippen molar-refractivity contribution < 1.29 is 19.4 Å². The molecule has 2 aromatic rings. The number of ether oxygens (including phenoxy) is 2. The minimum Gasteiger partial charge on any atom is -0.497 e. The average Bonchev–Trinajstić information content (AvgIpc) is 2.87. The zero-order valence-electron chi connectivity index (χ0n) is 20.3. The zero-order chi connectivity index (χ0) is 24.2. The number of piperidine rings is 1. The summed E-state index contributed by atoms with van der Waals surface area (Å²) >= 11 is 0. The number of carbonyl (C=O) groups is 1. The highest BCUT2D eigenvalue weighted by molar-refractivity contribution is 5.67. The van der Waals surface area contributed by atoms with Crippen molar-refractivity contribution >= 4 is 6.09 Å². The van der Waals surface area contributed by atoms with Crippen LogP contribution in [0.1, 0.15) is 36.8 Å². The molecule has 2 fully saturated rings. The molecule has 0 spiro atoms. The summed E-state index contributed by atoms with van der Waals surface area (Å²) in [5, 5.41) is 12.1. The van der Waals surface area contributed by atoms with Crippen LogP contribution >= 0.6 is 0 Å². The molecule has 34 heavy (non-hydrogen) atoms. The van der Waals surface area contributed by atoms with Gasteiger partial charge in [-0.3, -0.25) is 4.90 Å². The summed E-state index contributed by atoms with van der Waals surface area (Å²) in [6.07, 6.45) is 4.37. The Balaban J connectivity index is 1.57. The van der Waals surface area contributed by atoms with E-state index in [9.17, 15) is 9.90 Å². The Morgan fingerprint density at radius 1 is 1.24 bits per heavy atom. The van der Waals surface area contributed by atoms with Gasteiger partial charge in [0.25, 0.3) is 0 Å². The van der Waals surface area contributed by atoms with Crippen LogP contribution in [0, 0.1) is 0 Å². The number of carbonyl (C=O) groups excluding carboxylic acids is 1. The number of benzene rings is 2. The van der Waals surface area contributed by atoms with Crippen molar-refractivity contribution in [3.05, 3.63) is 78.4 Å². The second-order valence-corrected chi connectivity index (χ2v) is 9.67. The van der Waals surface area contributed by atoms with Crippen molar-refractivity contribution in [2.24, 2.45) is 0 Å². The van der Waals surface area contributed by atoms with Crippen LogP contribution in [-0.4, -0.2) is 66.4 Å². The topological polar surface area (TPSA) is 62.2 Å². The number of fused-ring (bicyclic) bond motifs is 1. The van der Waals surface area contributed by atoms with Gasteiger partial charge in [0.15, 0.2) is 0 Å². The van der Waals surface area contributed by atoms with E-state index < -0.39 is 11.0 Å². The first-order chi connectivity index (χ1) is 16.4. The molecule has 0 bridgehead atoms. The lowest BCUT2D eigenvalue weighted by atomic mass is 9.55. The monoisotopic (exact) mass is 464 g/mol. The second kappa shape index (κ2) is 10.2. The highest BCUT2D eigenvalue weighted by Gasteiger charge is 2.58. The maximum Gasteiger partial charge on any atom is 0.410 e. The SMILES string of the molecule is C=CCN1CC[C@@]2(c3cccc(OC)c3)C[C@@H](N(C)C(=O)OCc3ccccc3)CC[C@]2(O)C1. The van der Waals surface area contributed by atoms with Gasteiger partial charge in [0.2, 0.25) is 0 Å². The Labute approximate surface area is 202 Å². The van der Waals surface area contributed by atoms with Crippen molar-refractivity contribution in [3.8, 4) is 5.75 Å². The van der Waals surface area contributed by atoms with Crippen LogP contribution < -0.4 is 4.74 Å². The maximum atomic E-state index is 12.9. The first kappa shape index (κ1) is 24.3. The fourth-order valence-corrected chi connectivity index (χ4v) is 5.79. The zero-order valence-corrected chi connectivity index (χ0v) is 20.3. The van der Waals surface area contributed by atoms with Gasteiger partial charge in [0.1, 0.15) is 12.4 Å². The molecule has 0 radical (unpaired) electrons. The van der Waals surface area contributed by atoms with E-state index >= 15 is 0 Å². The van der Waals surface area contributed by atoms with Gasteiger partial charge in [-0.25, -0.2) is 4.79 Å². The molecule has 1 heterocycles. The minimum atomic E-state index is -0.897. The number of rotatable bonds is 7. The minimum absolute atomic E-state index is 0.0271. The largest absolute Gasteiger partial charge is 0.497 e. The Bertz CT molecular complexity index is 997. The summed E-state index contributed by atoms with van der Waals surface area (Å²) < 4.78 is 11.1. The molecule has 6 heteroatoms. The number of aliphatic hydroxyl groups is 1. The number of nitrogens with zero attached hydrogens (tertiary/aromatic N) is 2. The lowest BCUT2D eigenvalue weighted by Gasteiger charge is -2.58. The molecule has 3 atom stereocenters. The Kier molecular flexibility index (Phi) is 7.29. The fraction of sp³-hybridized carbons (Fsp3) is 0.464. The highest BCUT2D eigenvalue weighted by atomic mass is 16.6. The number of hydrogen-bond donors (Lipinski definition) is 1. The van der Waals surface area contributed by atoms with E-state index in [-0.39, 0.29) is 18.7 Å². The van der Waals surface area contributed by atoms with E-state index in [4.69, 9.17) is 9.47 Å². The van der Waals surface area contributed by atoms with Gasteiger partial charge in [-0.2, -0.15) is 0 Å². The molecule has 1 saturated carbocycles. The number of amides is 1. The first-order valence-corrected chi connectivity index (χ1v) is 12.0. The Hall–Kier alpha value is -2.83. The van der Waals surface area contributed by atoms with E-state index in [0.29, 0.717) is 19.4 Å². The van der Waals surface area contributed by atoms with E-state index in [1.807, 2.05) is 61.7 Å². The van der Waals surface area contributed by atoms with E-state index in [1.54, 1.807) is 12.0 Å². The number of β-amino-alcohol motifs (C(OH)–C–C–N with tert-alkyl or cyclic N) is 1. The van der Waals surface area contributed by atoms with Gasteiger partial charge >= 0.3 is 6.09 Å². The van der Waals surface area contributed by atoms with Crippen molar-refractivity contribution in [1.82, 2.24) is 9.80 Å². The van der Waals surface area contributed by atoms with E-state index in [0.717, 1.165) is 42.8 Å². The lowest BCUT2D eigenvalue weighted by Crippen LogP contribution is -2.67. The highest BCUT2D eigenvalue weighted by Crippen LogP contribution is 2.52. The summed E-state index contributed by atoms with van der Waals surface area (Å²) in [5.41, 5.74) is 0.662. The third-order valence-corrected chi connectivity index (χ3v) is 7.76. The maximum absolute atomic E-state index is 12.9.